The number of hydrogen-bond donors (Lipinski definition) is 1. The van der Waals surface area contributed by atoms with Crippen LogP contribution in [0.15, 0.2) is 49.1 Å². The molecule has 2 aromatic rings. The molecular formula is C21H21F3N2O3. The van der Waals surface area contributed by atoms with Gasteiger partial charge in [0.05, 0.1) is 5.69 Å². The maximum atomic E-state index is 13.7. The number of nitrogens with zero attached hydrogens (tertiary/aromatic N) is 1. The minimum atomic E-state index is -1.68. The zero-order valence-corrected chi connectivity index (χ0v) is 15.9. The second-order valence-corrected chi connectivity index (χ2v) is 6.12. The Morgan fingerprint density at radius 3 is 2.41 bits per heavy atom. The summed E-state index contributed by atoms with van der Waals surface area (Å²) in [6, 6.07) is 8.00. The Kier molecular flexibility index (Phi) is 7.82. The summed E-state index contributed by atoms with van der Waals surface area (Å²) in [5.41, 5.74) is -0.155. The van der Waals surface area contributed by atoms with Crippen LogP contribution in [-0.4, -0.2) is 36.4 Å². The molecule has 0 aliphatic rings. The van der Waals surface area contributed by atoms with Crippen LogP contribution in [0.1, 0.15) is 23.7 Å². The summed E-state index contributed by atoms with van der Waals surface area (Å²) in [7, 11) is 0. The predicted octanol–water partition coefficient (Wildman–Crippen LogP) is 4.16. The van der Waals surface area contributed by atoms with Gasteiger partial charge >= 0.3 is 0 Å². The van der Waals surface area contributed by atoms with Crippen LogP contribution in [0, 0.1) is 17.5 Å². The van der Waals surface area contributed by atoms with Crippen molar-refractivity contribution in [1.82, 2.24) is 4.90 Å². The van der Waals surface area contributed by atoms with E-state index in [9.17, 15) is 22.8 Å². The van der Waals surface area contributed by atoms with E-state index in [0.717, 1.165) is 6.07 Å². The summed E-state index contributed by atoms with van der Waals surface area (Å²) in [6.07, 6.45) is 2.18. The van der Waals surface area contributed by atoms with E-state index in [1.54, 1.807) is 30.3 Å². The van der Waals surface area contributed by atoms with Gasteiger partial charge in [-0.1, -0.05) is 19.6 Å². The second-order valence-electron chi connectivity index (χ2n) is 6.12. The Hall–Kier alpha value is -3.29. The van der Waals surface area contributed by atoms with E-state index in [1.165, 1.54) is 4.90 Å². The van der Waals surface area contributed by atoms with Gasteiger partial charge in [-0.25, -0.2) is 13.2 Å². The molecule has 0 bridgehead atoms. The highest BCUT2D eigenvalue weighted by Crippen LogP contribution is 2.20. The maximum absolute atomic E-state index is 13.7. The second kappa shape index (κ2) is 10.3. The molecule has 2 amide bonds. The van der Waals surface area contributed by atoms with Crippen LogP contribution in [0.2, 0.25) is 0 Å². The van der Waals surface area contributed by atoms with Gasteiger partial charge in [0, 0.05) is 12.1 Å². The topological polar surface area (TPSA) is 58.6 Å². The Labute approximate surface area is 166 Å². The van der Waals surface area contributed by atoms with Crippen molar-refractivity contribution < 1.29 is 27.5 Å². The molecule has 1 N–H and O–H groups in total. The molecule has 0 aliphatic carbocycles. The van der Waals surface area contributed by atoms with Crippen molar-refractivity contribution in [2.75, 3.05) is 25.0 Å². The van der Waals surface area contributed by atoms with Gasteiger partial charge in [-0.3, -0.25) is 9.59 Å². The average Bonchev–Trinajstić information content (AvgIpc) is 2.72. The Bertz CT molecular complexity index is 885. The van der Waals surface area contributed by atoms with Crippen molar-refractivity contribution in [1.29, 1.82) is 0 Å². The summed E-state index contributed by atoms with van der Waals surface area (Å²) in [4.78, 5) is 26.2. The SMILES string of the molecule is C=CCOc1ccc(C(=O)N(CCC)CC(=O)Nc2ccc(F)c(F)c2F)cc1. The minimum absolute atomic E-state index is 0.279. The number of rotatable bonds is 9. The van der Waals surface area contributed by atoms with Gasteiger partial charge in [-0.15, -0.1) is 0 Å². The highest BCUT2D eigenvalue weighted by atomic mass is 19.2. The van der Waals surface area contributed by atoms with Crippen molar-refractivity contribution >= 4 is 17.5 Å². The monoisotopic (exact) mass is 406 g/mol. The summed E-state index contributed by atoms with van der Waals surface area (Å²) in [6.45, 7) is 5.62. The third kappa shape index (κ3) is 5.84. The zero-order valence-electron chi connectivity index (χ0n) is 15.9. The van der Waals surface area contributed by atoms with Gasteiger partial charge in [0.25, 0.3) is 5.91 Å². The van der Waals surface area contributed by atoms with E-state index in [1.807, 2.05) is 6.92 Å². The van der Waals surface area contributed by atoms with E-state index < -0.39 is 35.0 Å². The normalized spacial score (nSPS) is 10.3. The first-order valence-electron chi connectivity index (χ1n) is 8.93. The Morgan fingerprint density at radius 1 is 1.10 bits per heavy atom. The molecular weight excluding hydrogens is 385 g/mol. The number of nitrogens with one attached hydrogen (secondary N) is 1. The molecule has 0 aliphatic heterocycles. The molecule has 0 fully saturated rings. The first kappa shape index (κ1) is 22.0. The van der Waals surface area contributed by atoms with Crippen LogP contribution in [0.5, 0.6) is 5.75 Å². The summed E-state index contributed by atoms with van der Waals surface area (Å²) >= 11 is 0. The fourth-order valence-corrected chi connectivity index (χ4v) is 2.54. The molecule has 154 valence electrons. The molecule has 0 radical (unpaired) electrons. The lowest BCUT2D eigenvalue weighted by molar-refractivity contribution is -0.116. The fourth-order valence-electron chi connectivity index (χ4n) is 2.54. The largest absolute Gasteiger partial charge is 0.490 e. The van der Waals surface area contributed by atoms with Crippen LogP contribution < -0.4 is 10.1 Å². The number of hydrogen-bond acceptors (Lipinski definition) is 3. The van der Waals surface area contributed by atoms with E-state index in [-0.39, 0.29) is 13.1 Å². The van der Waals surface area contributed by atoms with Crippen molar-refractivity contribution in [3.8, 4) is 5.75 Å². The third-order valence-corrected chi connectivity index (χ3v) is 3.89. The van der Waals surface area contributed by atoms with Crippen molar-refractivity contribution in [3.05, 3.63) is 72.1 Å². The predicted molar refractivity (Wildman–Crippen MR) is 103 cm³/mol. The van der Waals surface area contributed by atoms with Crippen molar-refractivity contribution in [2.24, 2.45) is 0 Å². The molecule has 2 aromatic carbocycles. The van der Waals surface area contributed by atoms with Crippen LogP contribution >= 0.6 is 0 Å². The number of carbonyl (C=O) groups excluding carboxylic acids is 2. The van der Waals surface area contributed by atoms with E-state index in [0.29, 0.717) is 30.4 Å². The molecule has 29 heavy (non-hydrogen) atoms. The van der Waals surface area contributed by atoms with E-state index >= 15 is 0 Å². The summed E-state index contributed by atoms with van der Waals surface area (Å²) in [5, 5.41) is 2.16. The quantitative estimate of drug-likeness (QED) is 0.503. The highest BCUT2D eigenvalue weighted by Gasteiger charge is 2.20. The van der Waals surface area contributed by atoms with Crippen LogP contribution in [-0.2, 0) is 4.79 Å². The third-order valence-electron chi connectivity index (χ3n) is 3.89. The fraction of sp³-hybridized carbons (Fsp3) is 0.238. The molecule has 0 saturated carbocycles. The van der Waals surface area contributed by atoms with Crippen molar-refractivity contribution in [2.45, 2.75) is 13.3 Å². The van der Waals surface area contributed by atoms with Gasteiger partial charge < -0.3 is 15.0 Å². The maximum Gasteiger partial charge on any atom is 0.254 e. The summed E-state index contributed by atoms with van der Waals surface area (Å²) in [5.74, 6) is -5.10. The highest BCUT2D eigenvalue weighted by molar-refractivity contribution is 5.99. The molecule has 0 saturated heterocycles. The first-order valence-corrected chi connectivity index (χ1v) is 8.93. The van der Waals surface area contributed by atoms with E-state index in [2.05, 4.69) is 11.9 Å². The van der Waals surface area contributed by atoms with Crippen LogP contribution in [0.3, 0.4) is 0 Å². The molecule has 0 unspecified atom stereocenters. The number of ether oxygens (including phenoxy) is 1. The zero-order chi connectivity index (χ0) is 21.4. The standard InChI is InChI=1S/C21H21F3N2O3/c1-3-11-26(21(28)14-5-7-15(8-6-14)29-12-4-2)13-18(27)25-17-10-9-16(22)19(23)20(17)24/h4-10H,2-3,11-13H2,1H3,(H,25,27). The average molecular weight is 406 g/mol. The number of halogens is 3. The van der Waals surface area contributed by atoms with Gasteiger partial charge in [0.2, 0.25) is 5.91 Å². The number of anilines is 1. The molecule has 0 spiro atoms. The summed E-state index contributed by atoms with van der Waals surface area (Å²) < 4.78 is 45.4. The lowest BCUT2D eigenvalue weighted by Crippen LogP contribution is -2.38. The molecule has 0 aromatic heterocycles. The number of carbonyl (C=O) groups is 2. The first-order chi connectivity index (χ1) is 13.9. The van der Waals surface area contributed by atoms with Gasteiger partial charge in [-0.2, -0.15) is 0 Å². The molecule has 2 rings (SSSR count). The molecule has 5 nitrogen and oxygen atoms in total. The van der Waals surface area contributed by atoms with Crippen LogP contribution in [0.25, 0.3) is 0 Å². The lowest BCUT2D eigenvalue weighted by atomic mass is 10.2. The lowest BCUT2D eigenvalue weighted by Gasteiger charge is -2.22. The molecule has 0 heterocycles. The molecule has 0 atom stereocenters. The number of benzene rings is 2. The minimum Gasteiger partial charge on any atom is -0.490 e. The van der Waals surface area contributed by atoms with Crippen molar-refractivity contribution in [3.63, 3.8) is 0 Å². The molecule has 8 heteroatoms. The Morgan fingerprint density at radius 2 is 1.79 bits per heavy atom. The Balaban J connectivity index is 2.08. The number of amides is 2. The van der Waals surface area contributed by atoms with Crippen LogP contribution in [0.4, 0.5) is 18.9 Å². The van der Waals surface area contributed by atoms with Gasteiger partial charge in [-0.05, 0) is 42.8 Å². The smallest absolute Gasteiger partial charge is 0.254 e. The van der Waals surface area contributed by atoms with Gasteiger partial charge in [0.1, 0.15) is 18.9 Å². The van der Waals surface area contributed by atoms with Gasteiger partial charge in [0.15, 0.2) is 17.5 Å². The van der Waals surface area contributed by atoms with E-state index in [4.69, 9.17) is 4.74 Å².